The molecule has 0 aliphatic carbocycles. The molecule has 86 valence electrons. The molecule has 0 aliphatic heterocycles. The maximum atomic E-state index is 13.1. The topological polar surface area (TPSA) is 43.4 Å². The fourth-order valence-electron chi connectivity index (χ4n) is 1.37. The van der Waals surface area contributed by atoms with Crippen LogP contribution >= 0.6 is 15.9 Å². The summed E-state index contributed by atoms with van der Waals surface area (Å²) in [7, 11) is 1.19. The van der Waals surface area contributed by atoms with Gasteiger partial charge < -0.3 is 4.74 Å². The molecule has 1 aromatic carbocycles. The van der Waals surface area contributed by atoms with E-state index in [1.807, 2.05) is 0 Å². The predicted octanol–water partition coefficient (Wildman–Crippen LogP) is 2.43. The van der Waals surface area contributed by atoms with Crippen molar-refractivity contribution >= 4 is 27.7 Å². The van der Waals surface area contributed by atoms with E-state index in [-0.39, 0.29) is 5.56 Å². The smallest absolute Gasteiger partial charge is 0.320 e. The number of carbonyl (C=O) groups is 2. The van der Waals surface area contributed by atoms with Crippen molar-refractivity contribution in [3.63, 3.8) is 0 Å². The lowest BCUT2D eigenvalue weighted by atomic mass is 9.95. The first-order valence-electron chi connectivity index (χ1n) is 4.50. The molecule has 0 N–H and O–H groups in total. The van der Waals surface area contributed by atoms with E-state index in [1.165, 1.54) is 26.2 Å². The normalized spacial score (nSPS) is 12.0. The molecule has 0 saturated carbocycles. The zero-order chi connectivity index (χ0) is 12.3. The fraction of sp³-hybridized carbons (Fsp3) is 0.273. The summed E-state index contributed by atoms with van der Waals surface area (Å²) in [6.07, 6.45) is 0. The second-order valence-electron chi connectivity index (χ2n) is 3.23. The third kappa shape index (κ3) is 2.66. The number of benzene rings is 1. The Morgan fingerprint density at radius 2 is 2.06 bits per heavy atom. The molecule has 0 bridgehead atoms. The van der Waals surface area contributed by atoms with E-state index in [0.717, 1.165) is 6.07 Å². The first-order valence-corrected chi connectivity index (χ1v) is 5.30. The van der Waals surface area contributed by atoms with E-state index in [4.69, 9.17) is 0 Å². The van der Waals surface area contributed by atoms with E-state index in [9.17, 15) is 14.0 Å². The molecule has 5 heteroatoms. The first-order chi connectivity index (χ1) is 7.47. The van der Waals surface area contributed by atoms with Crippen LogP contribution in [0.5, 0.6) is 0 Å². The van der Waals surface area contributed by atoms with Gasteiger partial charge in [0.1, 0.15) is 17.5 Å². The van der Waals surface area contributed by atoms with Gasteiger partial charge in [0.05, 0.1) is 7.11 Å². The van der Waals surface area contributed by atoms with Gasteiger partial charge in [0.15, 0.2) is 0 Å². The molecular weight excluding hydrogens is 279 g/mol. The Labute approximate surface area is 101 Å². The predicted molar refractivity (Wildman–Crippen MR) is 59.5 cm³/mol. The number of methoxy groups -OCH3 is 1. The number of rotatable bonds is 3. The van der Waals surface area contributed by atoms with Crippen molar-refractivity contribution in [2.45, 2.75) is 12.8 Å². The van der Waals surface area contributed by atoms with Crippen molar-refractivity contribution < 1.29 is 18.7 Å². The molecule has 0 saturated heterocycles. The molecule has 1 rings (SSSR count). The van der Waals surface area contributed by atoms with Gasteiger partial charge in [-0.05, 0) is 30.7 Å². The zero-order valence-electron chi connectivity index (χ0n) is 8.79. The van der Waals surface area contributed by atoms with Crippen molar-refractivity contribution in [2.24, 2.45) is 0 Å². The van der Waals surface area contributed by atoms with E-state index in [1.54, 1.807) is 0 Å². The number of carbonyl (C=O) groups excluding carboxylic acids is 2. The van der Waals surface area contributed by atoms with Gasteiger partial charge in [0.2, 0.25) is 0 Å². The third-order valence-electron chi connectivity index (χ3n) is 2.11. The van der Waals surface area contributed by atoms with Crippen LogP contribution in [0.2, 0.25) is 0 Å². The van der Waals surface area contributed by atoms with Crippen LogP contribution in [0.15, 0.2) is 22.7 Å². The van der Waals surface area contributed by atoms with Gasteiger partial charge in [-0.3, -0.25) is 9.59 Å². The van der Waals surface area contributed by atoms with Crippen molar-refractivity contribution in [3.05, 3.63) is 34.1 Å². The van der Waals surface area contributed by atoms with Crippen LogP contribution in [0.25, 0.3) is 0 Å². The van der Waals surface area contributed by atoms with Gasteiger partial charge >= 0.3 is 5.97 Å². The summed E-state index contributed by atoms with van der Waals surface area (Å²) >= 11 is 3.17. The molecule has 0 fully saturated rings. The molecule has 1 unspecified atom stereocenters. The summed E-state index contributed by atoms with van der Waals surface area (Å²) in [4.78, 5) is 22.8. The fourth-order valence-corrected chi connectivity index (χ4v) is 1.84. The second-order valence-corrected chi connectivity index (χ2v) is 4.09. The highest BCUT2D eigenvalue weighted by atomic mass is 79.9. The summed E-state index contributed by atoms with van der Waals surface area (Å²) in [5, 5.41) is 0. The summed E-state index contributed by atoms with van der Waals surface area (Å²) in [6.45, 7) is 1.26. The third-order valence-corrected chi connectivity index (χ3v) is 2.83. The van der Waals surface area contributed by atoms with Gasteiger partial charge in [0.25, 0.3) is 0 Å². The molecule has 0 heterocycles. The van der Waals surface area contributed by atoms with E-state index < -0.39 is 23.5 Å². The zero-order valence-corrected chi connectivity index (χ0v) is 10.4. The Hall–Kier alpha value is -1.23. The van der Waals surface area contributed by atoms with E-state index >= 15 is 0 Å². The molecule has 0 aromatic heterocycles. The van der Waals surface area contributed by atoms with Crippen LogP contribution in [-0.2, 0) is 14.3 Å². The van der Waals surface area contributed by atoms with Crippen molar-refractivity contribution in [3.8, 4) is 0 Å². The maximum Gasteiger partial charge on any atom is 0.320 e. The summed E-state index contributed by atoms with van der Waals surface area (Å²) < 4.78 is 18.1. The highest BCUT2D eigenvalue weighted by Crippen LogP contribution is 2.27. The van der Waals surface area contributed by atoms with Crippen molar-refractivity contribution in [1.82, 2.24) is 0 Å². The number of Topliss-reactive ketones (excluding diaryl/α,β-unsaturated/α-hetero) is 1. The van der Waals surface area contributed by atoms with Gasteiger partial charge in [-0.15, -0.1) is 0 Å². The minimum Gasteiger partial charge on any atom is -0.468 e. The van der Waals surface area contributed by atoms with Crippen LogP contribution in [-0.4, -0.2) is 18.9 Å². The van der Waals surface area contributed by atoms with Crippen LogP contribution in [0.3, 0.4) is 0 Å². The Morgan fingerprint density at radius 3 is 2.56 bits per heavy atom. The van der Waals surface area contributed by atoms with Crippen LogP contribution in [0, 0.1) is 5.82 Å². The van der Waals surface area contributed by atoms with Gasteiger partial charge in [-0.2, -0.15) is 0 Å². The molecule has 0 aliphatic rings. The Balaban J connectivity index is 3.25. The van der Waals surface area contributed by atoms with E-state index in [2.05, 4.69) is 20.7 Å². The minimum absolute atomic E-state index is 0.277. The van der Waals surface area contributed by atoms with Crippen molar-refractivity contribution in [2.75, 3.05) is 7.11 Å². The quantitative estimate of drug-likeness (QED) is 0.634. The van der Waals surface area contributed by atoms with Crippen molar-refractivity contribution in [1.29, 1.82) is 0 Å². The number of hydrogen-bond acceptors (Lipinski definition) is 3. The lowest BCUT2D eigenvalue weighted by Gasteiger charge is -2.13. The molecule has 16 heavy (non-hydrogen) atoms. The highest BCUT2D eigenvalue weighted by Gasteiger charge is 2.28. The number of ketones is 1. The minimum atomic E-state index is -1.09. The maximum absolute atomic E-state index is 13.1. The number of esters is 1. The highest BCUT2D eigenvalue weighted by molar-refractivity contribution is 9.10. The summed E-state index contributed by atoms with van der Waals surface area (Å²) in [6, 6.07) is 3.83. The van der Waals surface area contributed by atoms with E-state index in [0.29, 0.717) is 4.47 Å². The number of hydrogen-bond donors (Lipinski definition) is 0. The van der Waals surface area contributed by atoms with Crippen LogP contribution in [0.1, 0.15) is 18.4 Å². The molecular formula is C11H10BrFO3. The Bertz CT molecular complexity index is 431. The lowest BCUT2D eigenvalue weighted by molar-refractivity contribution is -0.145. The molecule has 0 radical (unpaired) electrons. The second kappa shape index (κ2) is 5.21. The summed E-state index contributed by atoms with van der Waals surface area (Å²) in [5.74, 6) is -2.68. The SMILES string of the molecule is COC(=O)C(C(C)=O)c1cc(F)ccc1Br. The number of ether oxygens (including phenoxy) is 1. The molecule has 0 spiro atoms. The largest absolute Gasteiger partial charge is 0.468 e. The molecule has 1 atom stereocenters. The Morgan fingerprint density at radius 1 is 1.44 bits per heavy atom. The Kier molecular flexibility index (Phi) is 4.18. The number of halogens is 2. The van der Waals surface area contributed by atoms with Crippen LogP contribution < -0.4 is 0 Å². The van der Waals surface area contributed by atoms with Gasteiger partial charge in [-0.25, -0.2) is 4.39 Å². The monoisotopic (exact) mass is 288 g/mol. The van der Waals surface area contributed by atoms with Gasteiger partial charge in [0, 0.05) is 4.47 Å². The molecule has 0 amide bonds. The summed E-state index contributed by atoms with van der Waals surface area (Å²) in [5.41, 5.74) is 0.277. The molecule has 3 nitrogen and oxygen atoms in total. The standard InChI is InChI=1S/C11H10BrFO3/c1-6(14)10(11(15)16-2)8-5-7(13)3-4-9(8)12/h3-5,10H,1-2H3. The average Bonchev–Trinajstić information content (AvgIpc) is 2.22. The first kappa shape index (κ1) is 12.8. The molecule has 1 aromatic rings. The average molecular weight is 289 g/mol. The lowest BCUT2D eigenvalue weighted by Crippen LogP contribution is -2.21. The van der Waals surface area contributed by atoms with Crippen LogP contribution in [0.4, 0.5) is 4.39 Å². The van der Waals surface area contributed by atoms with Gasteiger partial charge in [-0.1, -0.05) is 15.9 Å².